The lowest BCUT2D eigenvalue weighted by atomic mass is 10.0. The molecule has 1 saturated heterocycles. The first kappa shape index (κ1) is 17.9. The highest BCUT2D eigenvalue weighted by Gasteiger charge is 2.36. The minimum absolute atomic E-state index is 0.828. The fourth-order valence-electron chi connectivity index (χ4n) is 5.11. The third-order valence-corrected chi connectivity index (χ3v) is 7.02. The van der Waals surface area contributed by atoms with E-state index in [9.17, 15) is 0 Å². The normalized spacial score (nSPS) is 21.4. The van der Waals surface area contributed by atoms with E-state index in [1.54, 1.807) is 0 Å². The van der Waals surface area contributed by atoms with Crippen LogP contribution in [0.15, 0.2) is 55.1 Å². The standard InChI is InChI=1S/C25H27ClN2/c1-17(28-15-20-8-5-9-21(20)16-28)24-14-22-23(26)12-19(13-25(22)27-24)11-10-18-6-3-2-4-7-18/h2-4,6-7,12-14,20-21,27H,1,5,8-11,15-16H2. The highest BCUT2D eigenvalue weighted by molar-refractivity contribution is 6.35. The molecule has 2 unspecified atom stereocenters. The molecule has 2 atom stereocenters. The Bertz CT molecular complexity index is 992. The fourth-order valence-corrected chi connectivity index (χ4v) is 5.41. The second-order valence-corrected chi connectivity index (χ2v) is 8.92. The quantitative estimate of drug-likeness (QED) is 0.540. The van der Waals surface area contributed by atoms with E-state index >= 15 is 0 Å². The SMILES string of the molecule is C=C(c1cc2c(Cl)cc(CCc3ccccc3)cc2[nH]1)N1CC2CCCC2C1. The van der Waals surface area contributed by atoms with Crippen LogP contribution in [0.3, 0.4) is 0 Å². The molecule has 1 N–H and O–H groups in total. The summed E-state index contributed by atoms with van der Waals surface area (Å²) in [6.45, 7) is 6.73. The minimum atomic E-state index is 0.828. The second-order valence-electron chi connectivity index (χ2n) is 8.51. The summed E-state index contributed by atoms with van der Waals surface area (Å²) in [4.78, 5) is 6.07. The van der Waals surface area contributed by atoms with Crippen molar-refractivity contribution in [2.24, 2.45) is 11.8 Å². The molecule has 2 nitrogen and oxygen atoms in total. The molecule has 144 valence electrons. The van der Waals surface area contributed by atoms with Gasteiger partial charge in [0.1, 0.15) is 0 Å². The predicted octanol–water partition coefficient (Wildman–Crippen LogP) is 6.31. The Labute approximate surface area is 172 Å². The number of hydrogen-bond donors (Lipinski definition) is 1. The highest BCUT2D eigenvalue weighted by Crippen LogP contribution is 2.40. The summed E-state index contributed by atoms with van der Waals surface area (Å²) in [5.74, 6) is 1.74. The largest absolute Gasteiger partial charge is 0.370 e. The molecule has 2 aliphatic rings. The molecule has 1 saturated carbocycles. The van der Waals surface area contributed by atoms with Gasteiger partial charge < -0.3 is 9.88 Å². The lowest BCUT2D eigenvalue weighted by Gasteiger charge is -2.21. The van der Waals surface area contributed by atoms with Gasteiger partial charge in [0.25, 0.3) is 0 Å². The zero-order valence-corrected chi connectivity index (χ0v) is 17.0. The predicted molar refractivity (Wildman–Crippen MR) is 119 cm³/mol. The molecule has 1 aliphatic carbocycles. The summed E-state index contributed by atoms with van der Waals surface area (Å²) in [6, 6.07) is 17.2. The maximum Gasteiger partial charge on any atom is 0.0623 e. The lowest BCUT2D eigenvalue weighted by Crippen LogP contribution is -2.19. The highest BCUT2D eigenvalue weighted by atomic mass is 35.5. The van der Waals surface area contributed by atoms with Gasteiger partial charge in [-0.25, -0.2) is 0 Å². The maximum absolute atomic E-state index is 6.64. The molecule has 3 heteroatoms. The van der Waals surface area contributed by atoms with Gasteiger partial charge in [-0.05, 0) is 66.8 Å². The van der Waals surface area contributed by atoms with Gasteiger partial charge in [0, 0.05) is 24.0 Å². The van der Waals surface area contributed by atoms with E-state index in [0.717, 1.165) is 65.1 Å². The molecule has 0 bridgehead atoms. The number of halogens is 1. The van der Waals surface area contributed by atoms with Crippen LogP contribution in [0.5, 0.6) is 0 Å². The van der Waals surface area contributed by atoms with E-state index in [1.807, 2.05) is 0 Å². The van der Waals surface area contributed by atoms with E-state index in [0.29, 0.717) is 0 Å². The molecule has 1 aliphatic heterocycles. The van der Waals surface area contributed by atoms with Crippen LogP contribution in [0.25, 0.3) is 16.6 Å². The molecule has 2 heterocycles. The van der Waals surface area contributed by atoms with Crippen molar-refractivity contribution in [3.63, 3.8) is 0 Å². The fraction of sp³-hybridized carbons (Fsp3) is 0.360. The lowest BCUT2D eigenvalue weighted by molar-refractivity contribution is 0.442. The molecule has 5 rings (SSSR count). The van der Waals surface area contributed by atoms with Crippen LogP contribution in [0.2, 0.25) is 5.02 Å². The molecule has 2 aromatic carbocycles. The number of aromatic amines is 1. The van der Waals surface area contributed by atoms with Gasteiger partial charge in [-0.1, -0.05) is 54.9 Å². The van der Waals surface area contributed by atoms with Crippen LogP contribution in [-0.4, -0.2) is 23.0 Å². The van der Waals surface area contributed by atoms with E-state index in [2.05, 4.69) is 65.0 Å². The third kappa shape index (κ3) is 3.35. The zero-order chi connectivity index (χ0) is 19.1. The summed E-state index contributed by atoms with van der Waals surface area (Å²) in [5.41, 5.74) is 5.98. The Kier molecular flexibility index (Phi) is 4.68. The van der Waals surface area contributed by atoms with Gasteiger partial charge in [0.15, 0.2) is 0 Å². The maximum atomic E-state index is 6.64. The van der Waals surface area contributed by atoms with Gasteiger partial charge in [-0.3, -0.25) is 0 Å². The summed E-state index contributed by atoms with van der Waals surface area (Å²) >= 11 is 6.64. The summed E-state index contributed by atoms with van der Waals surface area (Å²) in [7, 11) is 0. The summed E-state index contributed by atoms with van der Waals surface area (Å²) in [6.07, 6.45) is 6.20. The first-order valence-corrected chi connectivity index (χ1v) is 10.8. The number of fused-ring (bicyclic) bond motifs is 2. The first-order chi connectivity index (χ1) is 13.7. The molecular weight excluding hydrogens is 364 g/mol. The minimum Gasteiger partial charge on any atom is -0.370 e. The van der Waals surface area contributed by atoms with E-state index < -0.39 is 0 Å². The Morgan fingerprint density at radius 2 is 1.71 bits per heavy atom. The van der Waals surface area contributed by atoms with E-state index in [1.165, 1.54) is 30.4 Å². The van der Waals surface area contributed by atoms with E-state index in [4.69, 9.17) is 11.6 Å². The van der Waals surface area contributed by atoms with Crippen molar-refractivity contribution in [3.05, 3.63) is 77.0 Å². The van der Waals surface area contributed by atoms with Gasteiger partial charge in [-0.2, -0.15) is 0 Å². The average molecular weight is 391 g/mol. The zero-order valence-electron chi connectivity index (χ0n) is 16.3. The number of aryl methyl sites for hydroxylation is 2. The molecule has 3 aromatic rings. The number of hydrogen-bond acceptors (Lipinski definition) is 1. The molecule has 2 fully saturated rings. The molecule has 0 spiro atoms. The number of benzene rings is 2. The van der Waals surface area contributed by atoms with Crippen LogP contribution in [0.4, 0.5) is 0 Å². The van der Waals surface area contributed by atoms with Crippen LogP contribution in [0.1, 0.15) is 36.1 Å². The number of nitrogens with one attached hydrogen (secondary N) is 1. The van der Waals surface area contributed by atoms with Crippen molar-refractivity contribution in [1.82, 2.24) is 9.88 Å². The van der Waals surface area contributed by atoms with E-state index in [-0.39, 0.29) is 0 Å². The molecular formula is C25H27ClN2. The van der Waals surface area contributed by atoms with Crippen molar-refractivity contribution < 1.29 is 0 Å². The van der Waals surface area contributed by atoms with Crippen molar-refractivity contribution >= 4 is 28.2 Å². The van der Waals surface area contributed by atoms with Gasteiger partial charge >= 0.3 is 0 Å². The Hall–Kier alpha value is -2.19. The smallest absolute Gasteiger partial charge is 0.0623 e. The van der Waals surface area contributed by atoms with Crippen LogP contribution < -0.4 is 0 Å². The summed E-state index contributed by atoms with van der Waals surface area (Å²) in [5, 5.41) is 1.93. The Balaban J connectivity index is 1.35. The van der Waals surface area contributed by atoms with Crippen molar-refractivity contribution in [2.45, 2.75) is 32.1 Å². The molecule has 28 heavy (non-hydrogen) atoms. The molecule has 0 radical (unpaired) electrons. The second kappa shape index (κ2) is 7.33. The van der Waals surface area contributed by atoms with Crippen molar-refractivity contribution in [2.75, 3.05) is 13.1 Å². The third-order valence-electron chi connectivity index (χ3n) is 6.71. The first-order valence-electron chi connectivity index (χ1n) is 10.5. The summed E-state index contributed by atoms with van der Waals surface area (Å²) < 4.78 is 0. The van der Waals surface area contributed by atoms with Crippen LogP contribution >= 0.6 is 11.6 Å². The van der Waals surface area contributed by atoms with Crippen LogP contribution in [0, 0.1) is 11.8 Å². The monoisotopic (exact) mass is 390 g/mol. The number of aromatic nitrogens is 1. The van der Waals surface area contributed by atoms with Gasteiger partial charge in [0.2, 0.25) is 0 Å². The number of rotatable bonds is 5. The number of nitrogens with zero attached hydrogens (tertiary/aromatic N) is 1. The van der Waals surface area contributed by atoms with Crippen molar-refractivity contribution in [3.8, 4) is 0 Å². The molecule has 0 amide bonds. The molecule has 1 aromatic heterocycles. The van der Waals surface area contributed by atoms with Crippen molar-refractivity contribution in [1.29, 1.82) is 0 Å². The van der Waals surface area contributed by atoms with Gasteiger partial charge in [0.05, 0.1) is 16.4 Å². The topological polar surface area (TPSA) is 19.0 Å². The average Bonchev–Trinajstić information content (AvgIpc) is 3.41. The number of H-pyrrole nitrogens is 1. The van der Waals surface area contributed by atoms with Crippen LogP contribution in [-0.2, 0) is 12.8 Å². The Morgan fingerprint density at radius 1 is 1.00 bits per heavy atom. The van der Waals surface area contributed by atoms with Gasteiger partial charge in [-0.15, -0.1) is 0 Å². The number of likely N-dealkylation sites (tertiary alicyclic amines) is 1. The Morgan fingerprint density at radius 3 is 2.46 bits per heavy atom.